The largest absolute Gasteiger partial charge is 0.384 e. The molecule has 0 radical (unpaired) electrons. The number of hydrogen-bond donors (Lipinski definition) is 1. The Morgan fingerprint density at radius 2 is 2.22 bits per heavy atom. The Bertz CT molecular complexity index is 206. The summed E-state index contributed by atoms with van der Waals surface area (Å²) < 4.78 is 2.56. The Kier molecular flexibility index (Phi) is 1.48. The van der Waals surface area contributed by atoms with Crippen molar-refractivity contribution >= 4 is 21.7 Å². The SMILES string of the molecule is Cc1nc(Br)n(C)c1N. The molecule has 0 amide bonds. The number of imidazole rings is 1. The van der Waals surface area contributed by atoms with Crippen LogP contribution in [-0.4, -0.2) is 9.55 Å². The molecule has 3 nitrogen and oxygen atoms in total. The maximum atomic E-state index is 5.57. The van der Waals surface area contributed by atoms with E-state index in [1.807, 2.05) is 14.0 Å². The number of nitrogen functional groups attached to an aromatic ring is 1. The zero-order valence-electron chi connectivity index (χ0n) is 5.35. The highest BCUT2D eigenvalue weighted by Gasteiger charge is 2.03. The minimum atomic E-state index is 0.710. The third-order valence-corrected chi connectivity index (χ3v) is 1.98. The highest BCUT2D eigenvalue weighted by Crippen LogP contribution is 2.15. The lowest BCUT2D eigenvalue weighted by Crippen LogP contribution is -1.96. The average Bonchev–Trinajstić information content (AvgIpc) is 1.98. The molecule has 0 aliphatic rings. The molecule has 0 saturated carbocycles. The van der Waals surface area contributed by atoms with Gasteiger partial charge in [0.15, 0.2) is 4.73 Å². The Morgan fingerprint density at radius 3 is 2.33 bits per heavy atom. The first-order valence-electron chi connectivity index (χ1n) is 2.57. The molecule has 0 unspecified atom stereocenters. The Balaban J connectivity index is 3.29. The molecular formula is C5H8BrN3. The molecule has 0 aromatic carbocycles. The van der Waals surface area contributed by atoms with E-state index in [0.717, 1.165) is 10.4 Å². The van der Waals surface area contributed by atoms with Gasteiger partial charge in [-0.3, -0.25) is 0 Å². The van der Waals surface area contributed by atoms with E-state index in [9.17, 15) is 0 Å². The summed E-state index contributed by atoms with van der Waals surface area (Å²) in [5, 5.41) is 0. The van der Waals surface area contributed by atoms with Gasteiger partial charge in [0.05, 0.1) is 5.69 Å². The van der Waals surface area contributed by atoms with Crippen molar-refractivity contribution in [2.45, 2.75) is 6.92 Å². The number of aryl methyl sites for hydroxylation is 1. The molecule has 9 heavy (non-hydrogen) atoms. The zero-order valence-corrected chi connectivity index (χ0v) is 6.94. The van der Waals surface area contributed by atoms with Crippen LogP contribution in [0.5, 0.6) is 0 Å². The number of aromatic nitrogens is 2. The van der Waals surface area contributed by atoms with Gasteiger partial charge in [0.1, 0.15) is 5.82 Å². The molecule has 0 spiro atoms. The molecule has 1 heterocycles. The molecule has 4 heteroatoms. The minimum Gasteiger partial charge on any atom is -0.384 e. The van der Waals surface area contributed by atoms with Crippen LogP contribution in [0.2, 0.25) is 0 Å². The van der Waals surface area contributed by atoms with E-state index < -0.39 is 0 Å². The predicted octanol–water partition coefficient (Wildman–Crippen LogP) is 1.07. The molecular weight excluding hydrogens is 182 g/mol. The highest BCUT2D eigenvalue weighted by molar-refractivity contribution is 9.10. The van der Waals surface area contributed by atoms with Gasteiger partial charge in [-0.25, -0.2) is 4.98 Å². The molecule has 1 aromatic heterocycles. The fraction of sp³-hybridized carbons (Fsp3) is 0.400. The number of rotatable bonds is 0. The maximum Gasteiger partial charge on any atom is 0.178 e. The zero-order chi connectivity index (χ0) is 7.02. The number of nitrogens with two attached hydrogens (primary N) is 1. The standard InChI is InChI=1S/C5H8BrN3/c1-3-4(7)9(2)5(6)8-3/h7H2,1-2H3. The summed E-state index contributed by atoms with van der Waals surface area (Å²) in [6.45, 7) is 1.88. The van der Waals surface area contributed by atoms with E-state index in [2.05, 4.69) is 20.9 Å². The molecule has 0 bridgehead atoms. The van der Waals surface area contributed by atoms with Gasteiger partial charge in [-0.15, -0.1) is 0 Å². The minimum absolute atomic E-state index is 0.710. The van der Waals surface area contributed by atoms with Crippen LogP contribution in [0.1, 0.15) is 5.69 Å². The first kappa shape index (κ1) is 6.61. The van der Waals surface area contributed by atoms with Crippen molar-refractivity contribution in [3.8, 4) is 0 Å². The topological polar surface area (TPSA) is 43.8 Å². The Hall–Kier alpha value is -0.510. The van der Waals surface area contributed by atoms with E-state index in [4.69, 9.17) is 5.73 Å². The van der Waals surface area contributed by atoms with E-state index in [-0.39, 0.29) is 0 Å². The second-order valence-corrected chi connectivity index (χ2v) is 2.62. The summed E-state index contributed by atoms with van der Waals surface area (Å²) in [6, 6.07) is 0. The quantitative estimate of drug-likeness (QED) is 0.664. The van der Waals surface area contributed by atoms with E-state index >= 15 is 0 Å². The summed E-state index contributed by atoms with van der Waals surface area (Å²) in [6.07, 6.45) is 0. The van der Waals surface area contributed by atoms with Crippen molar-refractivity contribution in [1.29, 1.82) is 0 Å². The third kappa shape index (κ3) is 0.941. The van der Waals surface area contributed by atoms with Crippen molar-refractivity contribution in [3.05, 3.63) is 10.4 Å². The summed E-state index contributed by atoms with van der Waals surface area (Å²) in [4.78, 5) is 4.06. The van der Waals surface area contributed by atoms with Gasteiger partial charge in [0.25, 0.3) is 0 Å². The average molecular weight is 190 g/mol. The van der Waals surface area contributed by atoms with Crippen molar-refractivity contribution in [2.75, 3.05) is 5.73 Å². The van der Waals surface area contributed by atoms with Crippen LogP contribution in [-0.2, 0) is 7.05 Å². The number of hydrogen-bond acceptors (Lipinski definition) is 2. The molecule has 50 valence electrons. The maximum absolute atomic E-state index is 5.57. The van der Waals surface area contributed by atoms with Gasteiger partial charge in [-0.05, 0) is 22.9 Å². The molecule has 0 aliphatic heterocycles. The fourth-order valence-corrected chi connectivity index (χ4v) is 1.07. The second kappa shape index (κ2) is 2.02. The van der Waals surface area contributed by atoms with Gasteiger partial charge in [-0.2, -0.15) is 0 Å². The van der Waals surface area contributed by atoms with Crippen LogP contribution in [0, 0.1) is 6.92 Å². The van der Waals surface area contributed by atoms with Crippen LogP contribution >= 0.6 is 15.9 Å². The Labute approximate surface area is 62.0 Å². The van der Waals surface area contributed by atoms with Crippen LogP contribution < -0.4 is 5.73 Å². The number of anilines is 1. The van der Waals surface area contributed by atoms with Gasteiger partial charge in [0, 0.05) is 7.05 Å². The highest BCUT2D eigenvalue weighted by atomic mass is 79.9. The summed E-state index contributed by atoms with van der Waals surface area (Å²) in [5.41, 5.74) is 6.44. The molecule has 0 saturated heterocycles. The van der Waals surface area contributed by atoms with Gasteiger partial charge < -0.3 is 10.3 Å². The molecule has 0 fully saturated rings. The van der Waals surface area contributed by atoms with E-state index in [1.165, 1.54) is 0 Å². The molecule has 0 atom stereocenters. The molecule has 1 aromatic rings. The summed E-state index contributed by atoms with van der Waals surface area (Å²) in [5.74, 6) is 0.710. The predicted molar refractivity (Wildman–Crippen MR) is 40.1 cm³/mol. The third-order valence-electron chi connectivity index (χ3n) is 1.27. The van der Waals surface area contributed by atoms with Gasteiger partial charge in [-0.1, -0.05) is 0 Å². The summed E-state index contributed by atoms with van der Waals surface area (Å²) in [7, 11) is 1.86. The molecule has 1 rings (SSSR count). The lowest BCUT2D eigenvalue weighted by atomic mass is 10.5. The van der Waals surface area contributed by atoms with Crippen molar-refractivity contribution in [2.24, 2.45) is 7.05 Å². The van der Waals surface area contributed by atoms with E-state index in [1.54, 1.807) is 4.57 Å². The number of nitrogens with zero attached hydrogens (tertiary/aromatic N) is 2. The first-order chi connectivity index (χ1) is 4.13. The first-order valence-corrected chi connectivity index (χ1v) is 3.36. The molecule has 0 aliphatic carbocycles. The van der Waals surface area contributed by atoms with Gasteiger partial charge >= 0.3 is 0 Å². The van der Waals surface area contributed by atoms with Crippen molar-refractivity contribution < 1.29 is 0 Å². The van der Waals surface area contributed by atoms with Crippen LogP contribution in [0.25, 0.3) is 0 Å². The van der Waals surface area contributed by atoms with Crippen LogP contribution in [0.3, 0.4) is 0 Å². The second-order valence-electron chi connectivity index (χ2n) is 1.91. The van der Waals surface area contributed by atoms with Crippen molar-refractivity contribution in [1.82, 2.24) is 9.55 Å². The van der Waals surface area contributed by atoms with E-state index in [0.29, 0.717) is 5.82 Å². The van der Waals surface area contributed by atoms with Crippen LogP contribution in [0.4, 0.5) is 5.82 Å². The van der Waals surface area contributed by atoms with Crippen LogP contribution in [0.15, 0.2) is 4.73 Å². The summed E-state index contributed by atoms with van der Waals surface area (Å²) >= 11 is 3.24. The number of halogens is 1. The lowest BCUT2D eigenvalue weighted by Gasteiger charge is -1.93. The monoisotopic (exact) mass is 189 g/mol. The lowest BCUT2D eigenvalue weighted by molar-refractivity contribution is 0.892. The molecule has 2 N–H and O–H groups in total. The normalized spacial score (nSPS) is 10.1. The smallest absolute Gasteiger partial charge is 0.178 e. The van der Waals surface area contributed by atoms with Crippen molar-refractivity contribution in [3.63, 3.8) is 0 Å². The van der Waals surface area contributed by atoms with Gasteiger partial charge in [0.2, 0.25) is 0 Å². The fourth-order valence-electron chi connectivity index (χ4n) is 0.613. The Morgan fingerprint density at radius 1 is 1.67 bits per heavy atom.